The summed E-state index contributed by atoms with van der Waals surface area (Å²) >= 11 is 0. The second-order valence-electron chi connectivity index (χ2n) is 3.22. The van der Waals surface area contributed by atoms with Gasteiger partial charge in [0.15, 0.2) is 0 Å². The number of nitrogens with one attached hydrogen (secondary N) is 1. The molecule has 0 aliphatic rings. The van der Waals surface area contributed by atoms with E-state index in [1.807, 2.05) is 18.3 Å². The number of hydrogen-bond donors (Lipinski definition) is 2. The maximum Gasteiger partial charge on any atom is 0.322 e. The molecular formula is C10H16N2O2. The lowest BCUT2D eigenvalue weighted by molar-refractivity contribution is -0.142. The van der Waals surface area contributed by atoms with Crippen LogP contribution in [0.4, 0.5) is 0 Å². The Bertz CT molecular complexity index is 270. The van der Waals surface area contributed by atoms with Crippen molar-refractivity contribution in [2.45, 2.75) is 25.3 Å². The summed E-state index contributed by atoms with van der Waals surface area (Å²) in [5.74, 6) is -0.337. The van der Waals surface area contributed by atoms with Gasteiger partial charge in [0.2, 0.25) is 0 Å². The Morgan fingerprint density at radius 3 is 3.07 bits per heavy atom. The molecular weight excluding hydrogens is 180 g/mol. The minimum Gasteiger partial charge on any atom is -0.468 e. The number of hydrogen-bond acceptors (Lipinski definition) is 3. The molecule has 0 aromatic carbocycles. The summed E-state index contributed by atoms with van der Waals surface area (Å²) in [6.45, 7) is 0. The van der Waals surface area contributed by atoms with Crippen LogP contribution in [0.1, 0.15) is 18.5 Å². The van der Waals surface area contributed by atoms with Crippen molar-refractivity contribution in [1.82, 2.24) is 4.98 Å². The highest BCUT2D eigenvalue weighted by Gasteiger charge is 2.12. The number of methoxy groups -OCH3 is 1. The number of carbonyl (C=O) groups is 1. The summed E-state index contributed by atoms with van der Waals surface area (Å²) in [6, 6.07) is 3.48. The summed E-state index contributed by atoms with van der Waals surface area (Å²) in [5, 5.41) is 0. The molecule has 0 bridgehead atoms. The van der Waals surface area contributed by atoms with Crippen molar-refractivity contribution in [3.63, 3.8) is 0 Å². The van der Waals surface area contributed by atoms with Gasteiger partial charge in [-0.2, -0.15) is 0 Å². The third-order valence-electron chi connectivity index (χ3n) is 2.13. The predicted molar refractivity (Wildman–Crippen MR) is 53.7 cm³/mol. The fourth-order valence-corrected chi connectivity index (χ4v) is 1.30. The van der Waals surface area contributed by atoms with Gasteiger partial charge in [0.05, 0.1) is 7.11 Å². The van der Waals surface area contributed by atoms with Crippen LogP contribution >= 0.6 is 0 Å². The van der Waals surface area contributed by atoms with E-state index >= 15 is 0 Å². The highest BCUT2D eigenvalue weighted by Crippen LogP contribution is 2.04. The molecule has 14 heavy (non-hydrogen) atoms. The molecule has 0 saturated carbocycles. The van der Waals surface area contributed by atoms with Gasteiger partial charge in [0, 0.05) is 11.9 Å². The molecule has 78 valence electrons. The maximum atomic E-state index is 10.9. The Morgan fingerprint density at radius 2 is 2.50 bits per heavy atom. The van der Waals surface area contributed by atoms with Crippen molar-refractivity contribution in [3.05, 3.63) is 24.0 Å². The van der Waals surface area contributed by atoms with Crippen molar-refractivity contribution in [2.24, 2.45) is 5.73 Å². The van der Waals surface area contributed by atoms with E-state index in [0.29, 0.717) is 6.42 Å². The van der Waals surface area contributed by atoms with E-state index < -0.39 is 6.04 Å². The standard InChI is InChI=1S/C10H16N2O2/c1-14-10(13)9(11)6-2-4-8-5-3-7-12-8/h3,5,7,9,12H,2,4,6,11H2,1H3. The Labute approximate surface area is 83.4 Å². The highest BCUT2D eigenvalue weighted by molar-refractivity contribution is 5.75. The second-order valence-corrected chi connectivity index (χ2v) is 3.22. The molecule has 0 amide bonds. The van der Waals surface area contributed by atoms with Crippen molar-refractivity contribution in [3.8, 4) is 0 Å². The average molecular weight is 196 g/mol. The van der Waals surface area contributed by atoms with E-state index in [1.165, 1.54) is 12.8 Å². The van der Waals surface area contributed by atoms with Gasteiger partial charge in [-0.25, -0.2) is 0 Å². The van der Waals surface area contributed by atoms with Gasteiger partial charge >= 0.3 is 5.97 Å². The van der Waals surface area contributed by atoms with E-state index in [4.69, 9.17) is 5.73 Å². The van der Waals surface area contributed by atoms with Crippen LogP contribution in [0.5, 0.6) is 0 Å². The number of aromatic nitrogens is 1. The zero-order valence-electron chi connectivity index (χ0n) is 8.32. The highest BCUT2D eigenvalue weighted by atomic mass is 16.5. The van der Waals surface area contributed by atoms with Gasteiger partial charge in [-0.15, -0.1) is 0 Å². The molecule has 1 aromatic heterocycles. The third-order valence-corrected chi connectivity index (χ3v) is 2.13. The summed E-state index contributed by atoms with van der Waals surface area (Å²) in [4.78, 5) is 14.0. The van der Waals surface area contributed by atoms with Gasteiger partial charge in [0.25, 0.3) is 0 Å². The smallest absolute Gasteiger partial charge is 0.322 e. The zero-order chi connectivity index (χ0) is 10.4. The lowest BCUT2D eigenvalue weighted by Gasteiger charge is -2.07. The quantitative estimate of drug-likeness (QED) is 0.686. The minimum absolute atomic E-state index is 0.337. The number of ether oxygens (including phenoxy) is 1. The van der Waals surface area contributed by atoms with Gasteiger partial charge in [-0.05, 0) is 31.4 Å². The normalized spacial score (nSPS) is 12.4. The average Bonchev–Trinajstić information content (AvgIpc) is 2.69. The largest absolute Gasteiger partial charge is 0.468 e. The van der Waals surface area contributed by atoms with Crippen LogP contribution in [0.3, 0.4) is 0 Å². The summed E-state index contributed by atoms with van der Waals surface area (Å²) < 4.78 is 4.53. The summed E-state index contributed by atoms with van der Waals surface area (Å²) in [7, 11) is 1.35. The van der Waals surface area contributed by atoms with Gasteiger partial charge < -0.3 is 15.5 Å². The first-order chi connectivity index (χ1) is 6.74. The first-order valence-corrected chi connectivity index (χ1v) is 4.69. The Kier molecular flexibility index (Phi) is 4.19. The SMILES string of the molecule is COC(=O)C(N)CCCc1ccc[nH]1. The molecule has 0 saturated heterocycles. The Hall–Kier alpha value is -1.29. The molecule has 4 heteroatoms. The van der Waals surface area contributed by atoms with E-state index in [1.54, 1.807) is 0 Å². The molecule has 0 aliphatic heterocycles. The molecule has 0 spiro atoms. The predicted octanol–water partition coefficient (Wildman–Crippen LogP) is 0.838. The fourth-order valence-electron chi connectivity index (χ4n) is 1.30. The molecule has 1 atom stereocenters. The molecule has 1 aromatic rings. The molecule has 1 unspecified atom stereocenters. The minimum atomic E-state index is -0.491. The first-order valence-electron chi connectivity index (χ1n) is 4.69. The monoisotopic (exact) mass is 196 g/mol. The summed E-state index contributed by atoms with van der Waals surface area (Å²) in [5.41, 5.74) is 6.75. The third kappa shape index (κ3) is 3.22. The molecule has 0 radical (unpaired) electrons. The molecule has 1 heterocycles. The maximum absolute atomic E-state index is 10.9. The molecule has 3 N–H and O–H groups in total. The number of carbonyl (C=O) groups excluding carboxylic acids is 1. The van der Waals surface area contributed by atoms with Crippen molar-refractivity contribution >= 4 is 5.97 Å². The van der Waals surface area contributed by atoms with Crippen LogP contribution < -0.4 is 5.73 Å². The van der Waals surface area contributed by atoms with E-state index in [-0.39, 0.29) is 5.97 Å². The lowest BCUT2D eigenvalue weighted by atomic mass is 10.1. The second kappa shape index (κ2) is 5.44. The number of rotatable bonds is 5. The molecule has 4 nitrogen and oxygen atoms in total. The van der Waals surface area contributed by atoms with Crippen LogP contribution in [0.25, 0.3) is 0 Å². The molecule has 0 fully saturated rings. The fraction of sp³-hybridized carbons (Fsp3) is 0.500. The van der Waals surface area contributed by atoms with Crippen LogP contribution in [-0.2, 0) is 16.0 Å². The van der Waals surface area contributed by atoms with Gasteiger partial charge in [-0.1, -0.05) is 0 Å². The van der Waals surface area contributed by atoms with Gasteiger partial charge in [-0.3, -0.25) is 4.79 Å². The van der Waals surface area contributed by atoms with Gasteiger partial charge in [0.1, 0.15) is 6.04 Å². The zero-order valence-corrected chi connectivity index (χ0v) is 8.32. The van der Waals surface area contributed by atoms with E-state index in [0.717, 1.165) is 12.8 Å². The topological polar surface area (TPSA) is 68.1 Å². The van der Waals surface area contributed by atoms with Crippen LogP contribution in [0.2, 0.25) is 0 Å². The number of aryl methyl sites for hydroxylation is 1. The number of nitrogens with two attached hydrogens (primary N) is 1. The lowest BCUT2D eigenvalue weighted by Crippen LogP contribution is -2.31. The van der Waals surface area contributed by atoms with E-state index in [9.17, 15) is 4.79 Å². The van der Waals surface area contributed by atoms with E-state index in [2.05, 4.69) is 9.72 Å². The molecule has 1 rings (SSSR count). The Balaban J connectivity index is 2.18. The number of aromatic amines is 1. The summed E-state index contributed by atoms with van der Waals surface area (Å²) in [6.07, 6.45) is 4.34. The first kappa shape index (κ1) is 10.8. The van der Waals surface area contributed by atoms with Crippen LogP contribution in [-0.4, -0.2) is 24.1 Å². The van der Waals surface area contributed by atoms with Crippen molar-refractivity contribution in [2.75, 3.05) is 7.11 Å². The molecule has 0 aliphatic carbocycles. The van der Waals surface area contributed by atoms with Crippen LogP contribution in [0, 0.1) is 0 Å². The number of esters is 1. The van der Waals surface area contributed by atoms with Crippen LogP contribution in [0.15, 0.2) is 18.3 Å². The van der Waals surface area contributed by atoms with Crippen molar-refractivity contribution in [1.29, 1.82) is 0 Å². The van der Waals surface area contributed by atoms with Crippen molar-refractivity contribution < 1.29 is 9.53 Å². The number of H-pyrrole nitrogens is 1. The Morgan fingerprint density at radius 1 is 1.71 bits per heavy atom.